The number of nitrogens with zero attached hydrogens (tertiary/aromatic N) is 1. The van der Waals surface area contributed by atoms with Crippen molar-refractivity contribution in [2.75, 3.05) is 19.6 Å². The topological polar surface area (TPSA) is 32.3 Å². The fraction of sp³-hybridized carbons (Fsp3) is 0.552. The zero-order valence-corrected chi connectivity index (χ0v) is 21.5. The number of rotatable bonds is 6. The van der Waals surface area contributed by atoms with Gasteiger partial charge in [-0.1, -0.05) is 36.8 Å². The van der Waals surface area contributed by atoms with Crippen molar-refractivity contribution in [3.05, 3.63) is 70.8 Å². The largest absolute Gasteiger partial charge is 0.416 e. The fourth-order valence-corrected chi connectivity index (χ4v) is 5.83. The summed E-state index contributed by atoms with van der Waals surface area (Å²) in [4.78, 5) is 15.9. The van der Waals surface area contributed by atoms with Gasteiger partial charge in [-0.2, -0.15) is 26.3 Å². The number of carbonyl (C=O) groups excluding carboxylic acids is 1. The van der Waals surface area contributed by atoms with E-state index in [-0.39, 0.29) is 11.6 Å². The van der Waals surface area contributed by atoms with Crippen LogP contribution >= 0.6 is 0 Å². The van der Waals surface area contributed by atoms with Crippen molar-refractivity contribution in [2.24, 2.45) is 5.92 Å². The minimum absolute atomic E-state index is 0.0865. The third-order valence-corrected chi connectivity index (χ3v) is 8.12. The first-order valence-corrected chi connectivity index (χ1v) is 13.3. The standard InChI is InChI=1S/C29H34F6N2O/c1-20(22-16-24(28(30,31)32)18-25(17-22)29(33,34)35)26(38)36-27(23-8-4-2-5-9-23)12-10-21(11-13-27)19-37-14-6-3-7-15-37/h2,4-5,8-9,16-18,20-21H,3,6-7,10-15,19H2,1H3,(H,36,38)/t20?,21-,27-. The van der Waals surface area contributed by atoms with Crippen LogP contribution in [0.3, 0.4) is 0 Å². The third-order valence-electron chi connectivity index (χ3n) is 8.12. The zero-order chi connectivity index (χ0) is 27.6. The number of halogens is 6. The monoisotopic (exact) mass is 540 g/mol. The molecule has 1 amide bonds. The molecule has 2 aromatic rings. The Kier molecular flexibility index (Phi) is 8.45. The second-order valence-corrected chi connectivity index (χ2v) is 10.8. The van der Waals surface area contributed by atoms with Crippen molar-refractivity contribution in [1.82, 2.24) is 10.2 Å². The number of benzene rings is 2. The number of piperidine rings is 1. The molecule has 0 aromatic heterocycles. The molecular formula is C29H34F6N2O. The van der Waals surface area contributed by atoms with Gasteiger partial charge in [-0.15, -0.1) is 0 Å². The van der Waals surface area contributed by atoms with Crippen LogP contribution < -0.4 is 5.32 Å². The predicted octanol–water partition coefficient (Wildman–Crippen LogP) is 7.52. The molecule has 1 unspecified atom stereocenters. The van der Waals surface area contributed by atoms with Gasteiger partial charge in [-0.05, 0) is 93.8 Å². The molecule has 2 aromatic carbocycles. The van der Waals surface area contributed by atoms with E-state index in [0.29, 0.717) is 30.9 Å². The molecular weight excluding hydrogens is 506 g/mol. The van der Waals surface area contributed by atoms with Gasteiger partial charge in [0.2, 0.25) is 5.91 Å². The van der Waals surface area contributed by atoms with E-state index in [4.69, 9.17) is 0 Å². The third kappa shape index (κ3) is 6.71. The number of alkyl halides is 6. The second-order valence-electron chi connectivity index (χ2n) is 10.8. The van der Waals surface area contributed by atoms with Gasteiger partial charge in [0.05, 0.1) is 22.6 Å². The van der Waals surface area contributed by atoms with Crippen LogP contribution in [0.15, 0.2) is 48.5 Å². The van der Waals surface area contributed by atoms with E-state index < -0.39 is 40.8 Å². The molecule has 1 aliphatic carbocycles. The van der Waals surface area contributed by atoms with Gasteiger partial charge in [0.1, 0.15) is 0 Å². The van der Waals surface area contributed by atoms with Crippen molar-refractivity contribution >= 4 is 5.91 Å². The zero-order valence-electron chi connectivity index (χ0n) is 21.5. The summed E-state index contributed by atoms with van der Waals surface area (Å²) in [5.74, 6) is -1.31. The van der Waals surface area contributed by atoms with Crippen LogP contribution in [0.25, 0.3) is 0 Å². The summed E-state index contributed by atoms with van der Waals surface area (Å²) in [5.41, 5.74) is -2.97. The minimum Gasteiger partial charge on any atom is -0.346 e. The SMILES string of the molecule is CC(C(=O)N[C@]1(c2ccccc2)CC[C@@H](CN2CCCCC2)CC1)c1cc(C(F)(F)F)cc(C(F)(F)F)c1. The summed E-state index contributed by atoms with van der Waals surface area (Å²) in [5, 5.41) is 3.07. The Morgan fingerprint density at radius 1 is 0.921 bits per heavy atom. The Labute approximate surface area is 219 Å². The molecule has 1 aliphatic heterocycles. The smallest absolute Gasteiger partial charge is 0.346 e. The second kappa shape index (κ2) is 11.3. The van der Waals surface area contributed by atoms with E-state index in [0.717, 1.165) is 38.0 Å². The number of nitrogens with one attached hydrogen (secondary N) is 1. The predicted molar refractivity (Wildman–Crippen MR) is 133 cm³/mol. The lowest BCUT2D eigenvalue weighted by atomic mass is 9.72. The van der Waals surface area contributed by atoms with Gasteiger partial charge >= 0.3 is 12.4 Å². The molecule has 0 spiro atoms. The maximum Gasteiger partial charge on any atom is 0.416 e. The first kappa shape index (κ1) is 28.5. The van der Waals surface area contributed by atoms with Gasteiger partial charge in [0.15, 0.2) is 0 Å². The average Bonchev–Trinajstić information content (AvgIpc) is 2.89. The van der Waals surface area contributed by atoms with Crippen molar-refractivity contribution in [3.8, 4) is 0 Å². The van der Waals surface area contributed by atoms with E-state index in [1.165, 1.54) is 26.2 Å². The van der Waals surface area contributed by atoms with Crippen LogP contribution in [-0.4, -0.2) is 30.4 Å². The highest BCUT2D eigenvalue weighted by Gasteiger charge is 2.41. The number of carbonyl (C=O) groups is 1. The minimum atomic E-state index is -4.97. The van der Waals surface area contributed by atoms with Crippen LogP contribution in [0.5, 0.6) is 0 Å². The van der Waals surface area contributed by atoms with Crippen molar-refractivity contribution in [2.45, 2.75) is 75.7 Å². The Hall–Kier alpha value is -2.55. The maximum absolute atomic E-state index is 13.4. The molecule has 1 atom stereocenters. The first-order chi connectivity index (χ1) is 17.9. The van der Waals surface area contributed by atoms with Gasteiger partial charge in [0, 0.05) is 6.54 Å². The summed E-state index contributed by atoms with van der Waals surface area (Å²) in [6.07, 6.45) is -3.19. The van der Waals surface area contributed by atoms with E-state index >= 15 is 0 Å². The fourth-order valence-electron chi connectivity index (χ4n) is 5.83. The number of likely N-dealkylation sites (tertiary alicyclic amines) is 1. The molecule has 208 valence electrons. The van der Waals surface area contributed by atoms with Gasteiger partial charge in [-0.25, -0.2) is 0 Å². The Balaban J connectivity index is 1.55. The van der Waals surface area contributed by atoms with Gasteiger partial charge in [-0.3, -0.25) is 4.79 Å². The number of hydrogen-bond acceptors (Lipinski definition) is 2. The lowest BCUT2D eigenvalue weighted by molar-refractivity contribution is -0.143. The Bertz CT molecular complexity index is 1050. The van der Waals surface area contributed by atoms with Crippen LogP contribution in [0.2, 0.25) is 0 Å². The Morgan fingerprint density at radius 2 is 1.47 bits per heavy atom. The highest BCUT2D eigenvalue weighted by atomic mass is 19.4. The molecule has 0 radical (unpaired) electrons. The van der Waals surface area contributed by atoms with E-state index in [9.17, 15) is 31.1 Å². The van der Waals surface area contributed by atoms with E-state index in [1.807, 2.05) is 30.3 Å². The highest BCUT2D eigenvalue weighted by Crippen LogP contribution is 2.42. The summed E-state index contributed by atoms with van der Waals surface area (Å²) in [6, 6.07) is 10.8. The molecule has 9 heteroatoms. The highest BCUT2D eigenvalue weighted by molar-refractivity contribution is 5.84. The molecule has 4 rings (SSSR count). The molecule has 38 heavy (non-hydrogen) atoms. The lowest BCUT2D eigenvalue weighted by Crippen LogP contribution is -2.50. The van der Waals surface area contributed by atoms with Crippen LogP contribution in [0, 0.1) is 5.92 Å². The summed E-state index contributed by atoms with van der Waals surface area (Å²) >= 11 is 0. The summed E-state index contributed by atoms with van der Waals surface area (Å²) in [7, 11) is 0. The summed E-state index contributed by atoms with van der Waals surface area (Å²) in [6.45, 7) is 4.57. The molecule has 0 bridgehead atoms. The van der Waals surface area contributed by atoms with Crippen LogP contribution in [0.4, 0.5) is 26.3 Å². The van der Waals surface area contributed by atoms with E-state index in [1.54, 1.807) is 0 Å². The maximum atomic E-state index is 13.4. The van der Waals surface area contributed by atoms with Crippen molar-refractivity contribution < 1.29 is 31.1 Å². The molecule has 2 aliphatic rings. The van der Waals surface area contributed by atoms with Gasteiger partial charge in [0.25, 0.3) is 0 Å². The Morgan fingerprint density at radius 3 is 2.00 bits per heavy atom. The van der Waals surface area contributed by atoms with Crippen molar-refractivity contribution in [3.63, 3.8) is 0 Å². The number of hydrogen-bond donors (Lipinski definition) is 1. The molecule has 1 heterocycles. The van der Waals surface area contributed by atoms with Crippen LogP contribution in [0.1, 0.15) is 80.0 Å². The average molecular weight is 541 g/mol. The van der Waals surface area contributed by atoms with Crippen molar-refractivity contribution in [1.29, 1.82) is 0 Å². The normalized spacial score (nSPS) is 24.1. The molecule has 1 N–H and O–H groups in total. The molecule has 1 saturated carbocycles. The molecule has 2 fully saturated rings. The van der Waals surface area contributed by atoms with Gasteiger partial charge < -0.3 is 10.2 Å². The molecule has 1 saturated heterocycles. The van der Waals surface area contributed by atoms with E-state index in [2.05, 4.69) is 10.2 Å². The first-order valence-electron chi connectivity index (χ1n) is 13.3. The van der Waals surface area contributed by atoms with Crippen LogP contribution in [-0.2, 0) is 22.7 Å². The quantitative estimate of drug-likeness (QED) is 0.385. The summed E-state index contributed by atoms with van der Waals surface area (Å²) < 4.78 is 80.3. The number of amides is 1. The molecule has 3 nitrogen and oxygen atoms in total. The lowest BCUT2D eigenvalue weighted by Gasteiger charge is -2.43.